The molecule has 0 heterocycles. The van der Waals surface area contributed by atoms with Crippen LogP contribution >= 0.6 is 11.6 Å². The second-order valence-corrected chi connectivity index (χ2v) is 8.85. The van der Waals surface area contributed by atoms with Crippen molar-refractivity contribution in [3.05, 3.63) is 95.0 Å². The lowest BCUT2D eigenvalue weighted by Crippen LogP contribution is -2.51. The van der Waals surface area contributed by atoms with Gasteiger partial charge in [-0.15, -0.1) is 0 Å². The fraction of sp³-hybridized carbons (Fsp3) is 0.310. The number of nitrogens with one attached hydrogen (secondary N) is 1. The molecule has 0 spiro atoms. The quantitative estimate of drug-likeness (QED) is 0.319. The van der Waals surface area contributed by atoms with Crippen molar-refractivity contribution in [2.45, 2.75) is 38.8 Å². The van der Waals surface area contributed by atoms with Gasteiger partial charge in [-0.3, -0.25) is 9.59 Å². The highest BCUT2D eigenvalue weighted by molar-refractivity contribution is 6.32. The summed E-state index contributed by atoms with van der Waals surface area (Å²) in [5.41, 5.74) is 1.81. The van der Waals surface area contributed by atoms with E-state index < -0.39 is 6.04 Å². The van der Waals surface area contributed by atoms with E-state index in [4.69, 9.17) is 21.1 Å². The zero-order valence-electron chi connectivity index (χ0n) is 20.8. The summed E-state index contributed by atoms with van der Waals surface area (Å²) < 4.78 is 11.1. The van der Waals surface area contributed by atoms with E-state index in [1.165, 1.54) is 0 Å². The molecule has 3 aromatic rings. The molecular weight excluding hydrogens is 476 g/mol. The van der Waals surface area contributed by atoms with E-state index in [1.54, 1.807) is 36.3 Å². The number of hydrogen-bond acceptors (Lipinski definition) is 4. The summed E-state index contributed by atoms with van der Waals surface area (Å²) in [6.07, 6.45) is 2.20. The maximum atomic E-state index is 13.6. The number of nitrogens with zero attached hydrogens (tertiary/aromatic N) is 1. The first-order valence-corrected chi connectivity index (χ1v) is 12.5. The summed E-state index contributed by atoms with van der Waals surface area (Å²) in [5.74, 6) is 0.589. The van der Waals surface area contributed by atoms with Crippen LogP contribution in [0.15, 0.2) is 78.9 Å². The van der Waals surface area contributed by atoms with Crippen LogP contribution in [0.3, 0.4) is 0 Å². The average Bonchev–Trinajstić information content (AvgIpc) is 2.90. The summed E-state index contributed by atoms with van der Waals surface area (Å²) in [6, 6.07) is 23.5. The third-order valence-corrected chi connectivity index (χ3v) is 6.09. The van der Waals surface area contributed by atoms with Crippen molar-refractivity contribution in [3.8, 4) is 11.5 Å². The molecule has 190 valence electrons. The number of benzene rings is 3. The molecule has 0 radical (unpaired) electrons. The monoisotopic (exact) mass is 508 g/mol. The lowest BCUT2D eigenvalue weighted by molar-refractivity contribution is -0.142. The molecule has 0 aliphatic heterocycles. The van der Waals surface area contributed by atoms with E-state index in [0.29, 0.717) is 29.5 Å². The zero-order chi connectivity index (χ0) is 25.8. The first-order valence-electron chi connectivity index (χ1n) is 12.1. The van der Waals surface area contributed by atoms with Gasteiger partial charge in [-0.25, -0.2) is 0 Å². The number of amides is 2. The smallest absolute Gasteiger partial charge is 0.261 e. The Bertz CT molecular complexity index is 1120. The van der Waals surface area contributed by atoms with Gasteiger partial charge in [0.1, 0.15) is 17.5 Å². The van der Waals surface area contributed by atoms with Crippen LogP contribution in [0.1, 0.15) is 30.9 Å². The first kappa shape index (κ1) is 27.1. The third kappa shape index (κ3) is 8.02. The van der Waals surface area contributed by atoms with Gasteiger partial charge in [-0.2, -0.15) is 0 Å². The Morgan fingerprint density at radius 3 is 2.42 bits per heavy atom. The van der Waals surface area contributed by atoms with Gasteiger partial charge in [-0.1, -0.05) is 79.5 Å². The van der Waals surface area contributed by atoms with Crippen LogP contribution in [-0.4, -0.2) is 43.0 Å². The fourth-order valence-corrected chi connectivity index (χ4v) is 4.00. The number of halogens is 1. The van der Waals surface area contributed by atoms with E-state index in [9.17, 15) is 9.59 Å². The van der Waals surface area contributed by atoms with Crippen molar-refractivity contribution in [1.29, 1.82) is 0 Å². The minimum absolute atomic E-state index is 0.193. The summed E-state index contributed by atoms with van der Waals surface area (Å²) in [4.78, 5) is 28.6. The Hall–Kier alpha value is -3.51. The molecular formula is C29H33ClN2O4. The number of unbranched alkanes of at least 4 members (excludes halogenated alkanes) is 1. The highest BCUT2D eigenvalue weighted by Gasteiger charge is 2.30. The Kier molecular flexibility index (Phi) is 10.6. The zero-order valence-corrected chi connectivity index (χ0v) is 21.5. The molecule has 1 N–H and O–H groups in total. The summed E-state index contributed by atoms with van der Waals surface area (Å²) >= 11 is 6.21. The van der Waals surface area contributed by atoms with E-state index in [-0.39, 0.29) is 25.0 Å². The number of methoxy groups -OCH3 is 1. The molecule has 6 nitrogen and oxygen atoms in total. The maximum Gasteiger partial charge on any atom is 0.261 e. The molecule has 7 heteroatoms. The topological polar surface area (TPSA) is 67.9 Å². The number of carbonyl (C=O) groups is 2. The number of carbonyl (C=O) groups excluding carboxylic acids is 2. The lowest BCUT2D eigenvalue weighted by atomic mass is 10.0. The number of hydrogen-bond donors (Lipinski definition) is 1. The Morgan fingerprint density at radius 2 is 1.69 bits per heavy atom. The van der Waals surface area contributed by atoms with Gasteiger partial charge in [0, 0.05) is 19.5 Å². The number of rotatable bonds is 13. The Morgan fingerprint density at radius 1 is 0.972 bits per heavy atom. The van der Waals surface area contributed by atoms with E-state index >= 15 is 0 Å². The molecule has 3 rings (SSSR count). The summed E-state index contributed by atoms with van der Waals surface area (Å²) in [7, 11) is 1.60. The summed E-state index contributed by atoms with van der Waals surface area (Å²) in [6.45, 7) is 2.60. The van der Waals surface area contributed by atoms with Crippen molar-refractivity contribution >= 4 is 23.4 Å². The SMILES string of the molecule is CCCCNC(=O)C(Cc1ccccc1)N(Cc1cccc(OC)c1)C(=O)COc1ccccc1Cl. The van der Waals surface area contributed by atoms with Crippen LogP contribution < -0.4 is 14.8 Å². The number of ether oxygens (including phenoxy) is 2. The molecule has 0 bridgehead atoms. The molecule has 36 heavy (non-hydrogen) atoms. The van der Waals surface area contributed by atoms with E-state index in [2.05, 4.69) is 12.2 Å². The highest BCUT2D eigenvalue weighted by Crippen LogP contribution is 2.24. The largest absolute Gasteiger partial charge is 0.497 e. The molecule has 0 aromatic heterocycles. The van der Waals surface area contributed by atoms with Crippen molar-refractivity contribution in [1.82, 2.24) is 10.2 Å². The molecule has 1 unspecified atom stereocenters. The van der Waals surface area contributed by atoms with Gasteiger partial charge in [-0.05, 0) is 41.8 Å². The van der Waals surface area contributed by atoms with Gasteiger partial charge in [0.05, 0.1) is 12.1 Å². The molecule has 0 aliphatic carbocycles. The minimum atomic E-state index is -0.724. The number of para-hydroxylation sites is 1. The Labute approximate surface area is 218 Å². The average molecular weight is 509 g/mol. The first-order chi connectivity index (χ1) is 17.5. The maximum absolute atomic E-state index is 13.6. The predicted molar refractivity (Wildman–Crippen MR) is 142 cm³/mol. The molecule has 3 aromatic carbocycles. The van der Waals surface area contributed by atoms with Crippen molar-refractivity contribution in [2.75, 3.05) is 20.3 Å². The van der Waals surface area contributed by atoms with Crippen LogP contribution in [-0.2, 0) is 22.6 Å². The minimum Gasteiger partial charge on any atom is -0.497 e. The van der Waals surface area contributed by atoms with E-state index in [0.717, 1.165) is 24.0 Å². The normalized spacial score (nSPS) is 11.4. The van der Waals surface area contributed by atoms with Gasteiger partial charge >= 0.3 is 0 Å². The second kappa shape index (κ2) is 14.1. The van der Waals surface area contributed by atoms with Crippen LogP contribution in [0, 0.1) is 0 Å². The van der Waals surface area contributed by atoms with Crippen LogP contribution in [0.5, 0.6) is 11.5 Å². The van der Waals surface area contributed by atoms with Crippen molar-refractivity contribution < 1.29 is 19.1 Å². The standard InChI is InChI=1S/C29H33ClN2O4/c1-3-4-17-31-29(34)26(19-22-11-6-5-7-12-22)32(20-23-13-10-14-24(18-23)35-2)28(33)21-36-27-16-9-8-15-25(27)30/h5-16,18,26H,3-4,17,19-21H2,1-2H3,(H,31,34). The van der Waals surface area contributed by atoms with Gasteiger partial charge in [0.15, 0.2) is 6.61 Å². The fourth-order valence-electron chi connectivity index (χ4n) is 3.81. The van der Waals surface area contributed by atoms with Crippen LogP contribution in [0.25, 0.3) is 0 Å². The van der Waals surface area contributed by atoms with Crippen molar-refractivity contribution in [2.24, 2.45) is 0 Å². The third-order valence-electron chi connectivity index (χ3n) is 5.78. The Balaban J connectivity index is 1.91. The highest BCUT2D eigenvalue weighted by atomic mass is 35.5. The van der Waals surface area contributed by atoms with Gasteiger partial charge < -0.3 is 19.7 Å². The van der Waals surface area contributed by atoms with Crippen LogP contribution in [0.4, 0.5) is 0 Å². The predicted octanol–water partition coefficient (Wildman–Crippen LogP) is 5.28. The van der Waals surface area contributed by atoms with E-state index in [1.807, 2.05) is 54.6 Å². The molecule has 0 fully saturated rings. The molecule has 0 saturated carbocycles. The van der Waals surface area contributed by atoms with Gasteiger partial charge in [0.25, 0.3) is 5.91 Å². The van der Waals surface area contributed by atoms with Gasteiger partial charge in [0.2, 0.25) is 5.91 Å². The molecule has 1 atom stereocenters. The molecule has 0 aliphatic rings. The lowest BCUT2D eigenvalue weighted by Gasteiger charge is -2.31. The summed E-state index contributed by atoms with van der Waals surface area (Å²) in [5, 5.41) is 3.43. The molecule has 0 saturated heterocycles. The van der Waals surface area contributed by atoms with Crippen LogP contribution in [0.2, 0.25) is 5.02 Å². The molecule has 2 amide bonds. The van der Waals surface area contributed by atoms with Crippen molar-refractivity contribution in [3.63, 3.8) is 0 Å². The second-order valence-electron chi connectivity index (χ2n) is 8.44.